The Kier molecular flexibility index (Phi) is 7.50. The third-order valence-electron chi connectivity index (χ3n) is 3.94. The SMILES string of the molecule is CCNC[C@@H](C/C=C/F)NC(=O)c1cc(C(F)(F)F)nn1-c1cccc(C#N)c1. The number of likely N-dealkylation sites (N-methyl/N-ethyl adjacent to an activating group) is 1. The lowest BCUT2D eigenvalue weighted by molar-refractivity contribution is -0.141. The van der Waals surface area contributed by atoms with Crippen molar-refractivity contribution in [3.05, 3.63) is 59.7 Å². The minimum Gasteiger partial charge on any atom is -0.346 e. The molecule has 10 heteroatoms. The van der Waals surface area contributed by atoms with Gasteiger partial charge < -0.3 is 10.6 Å². The van der Waals surface area contributed by atoms with E-state index in [4.69, 9.17) is 5.26 Å². The number of hydrogen-bond donors (Lipinski definition) is 2. The number of hydrogen-bond acceptors (Lipinski definition) is 4. The molecule has 2 N–H and O–H groups in total. The third-order valence-corrected chi connectivity index (χ3v) is 3.94. The Morgan fingerprint density at radius 3 is 2.76 bits per heavy atom. The van der Waals surface area contributed by atoms with E-state index in [-0.39, 0.29) is 23.4 Å². The standard InChI is InChI=1S/C19H19F4N5O/c1-2-25-12-14(6-4-8-20)26-18(29)16-10-17(19(21,22)23)27-28(16)15-7-3-5-13(9-15)11-24/h3-5,7-10,14,25H,2,6,12H2,1H3,(H,26,29)/b8-4+/t14-/m1/s1. The van der Waals surface area contributed by atoms with Crippen LogP contribution in [0.1, 0.15) is 35.1 Å². The summed E-state index contributed by atoms with van der Waals surface area (Å²) < 4.78 is 52.7. The summed E-state index contributed by atoms with van der Waals surface area (Å²) in [6.07, 6.45) is -3.06. The van der Waals surface area contributed by atoms with Gasteiger partial charge in [0, 0.05) is 18.7 Å². The average molecular weight is 409 g/mol. The van der Waals surface area contributed by atoms with Crippen LogP contribution in [0.5, 0.6) is 0 Å². The number of carbonyl (C=O) groups is 1. The molecule has 1 aromatic carbocycles. The van der Waals surface area contributed by atoms with Crippen LogP contribution in [0.4, 0.5) is 17.6 Å². The molecule has 0 fully saturated rings. The highest BCUT2D eigenvalue weighted by Crippen LogP contribution is 2.29. The van der Waals surface area contributed by atoms with Gasteiger partial charge in [0.05, 0.1) is 23.6 Å². The number of halogens is 4. The highest BCUT2D eigenvalue weighted by atomic mass is 19.4. The Morgan fingerprint density at radius 1 is 1.38 bits per heavy atom. The first-order chi connectivity index (χ1) is 13.8. The monoisotopic (exact) mass is 409 g/mol. The molecule has 2 rings (SSSR count). The molecule has 0 saturated carbocycles. The number of rotatable bonds is 8. The summed E-state index contributed by atoms with van der Waals surface area (Å²) in [5.41, 5.74) is -1.25. The zero-order chi connectivity index (χ0) is 21.4. The van der Waals surface area contributed by atoms with Crippen LogP contribution < -0.4 is 10.6 Å². The molecule has 6 nitrogen and oxygen atoms in total. The number of amides is 1. The number of benzene rings is 1. The molecule has 0 bridgehead atoms. The molecule has 1 aromatic heterocycles. The summed E-state index contributed by atoms with van der Waals surface area (Å²) in [4.78, 5) is 12.7. The number of nitrogens with one attached hydrogen (secondary N) is 2. The zero-order valence-corrected chi connectivity index (χ0v) is 15.5. The fourth-order valence-corrected chi connectivity index (χ4v) is 2.57. The van der Waals surface area contributed by atoms with E-state index in [1.54, 1.807) is 0 Å². The minimum absolute atomic E-state index is 0.136. The number of nitrogens with zero attached hydrogens (tertiary/aromatic N) is 3. The van der Waals surface area contributed by atoms with Gasteiger partial charge in [0.25, 0.3) is 5.91 Å². The van der Waals surface area contributed by atoms with Crippen molar-refractivity contribution < 1.29 is 22.4 Å². The van der Waals surface area contributed by atoms with Crippen LogP contribution in [0, 0.1) is 11.3 Å². The maximum Gasteiger partial charge on any atom is 0.435 e. The lowest BCUT2D eigenvalue weighted by atomic mass is 10.2. The Morgan fingerprint density at radius 2 is 2.14 bits per heavy atom. The second-order valence-electron chi connectivity index (χ2n) is 6.06. The summed E-state index contributed by atoms with van der Waals surface area (Å²) in [5, 5.41) is 18.1. The van der Waals surface area contributed by atoms with E-state index in [1.165, 1.54) is 30.3 Å². The summed E-state index contributed by atoms with van der Waals surface area (Å²) in [5.74, 6) is -0.800. The summed E-state index contributed by atoms with van der Waals surface area (Å²) >= 11 is 0. The quantitative estimate of drug-likeness (QED) is 0.655. The maximum absolute atomic E-state index is 13.2. The maximum atomic E-state index is 13.2. The predicted octanol–water partition coefficient (Wildman–Crippen LogP) is 3.34. The van der Waals surface area contributed by atoms with Gasteiger partial charge in [-0.2, -0.15) is 23.5 Å². The molecule has 1 amide bonds. The largest absolute Gasteiger partial charge is 0.435 e. The molecule has 154 valence electrons. The van der Waals surface area contributed by atoms with Gasteiger partial charge in [0.1, 0.15) is 5.69 Å². The van der Waals surface area contributed by atoms with Crippen LogP contribution in [-0.2, 0) is 6.18 Å². The van der Waals surface area contributed by atoms with Gasteiger partial charge >= 0.3 is 6.18 Å². The molecule has 0 aliphatic heterocycles. The fraction of sp³-hybridized carbons (Fsp3) is 0.316. The van der Waals surface area contributed by atoms with E-state index in [2.05, 4.69) is 15.7 Å². The Hall–Kier alpha value is -3.19. The van der Waals surface area contributed by atoms with Gasteiger partial charge in [-0.25, -0.2) is 9.07 Å². The minimum atomic E-state index is -4.76. The topological polar surface area (TPSA) is 82.7 Å². The smallest absolute Gasteiger partial charge is 0.346 e. The van der Waals surface area contributed by atoms with Gasteiger partial charge in [-0.05, 0) is 31.2 Å². The number of nitriles is 1. The first kappa shape index (κ1) is 22.1. The van der Waals surface area contributed by atoms with E-state index in [0.717, 1.165) is 4.68 Å². The predicted molar refractivity (Wildman–Crippen MR) is 97.9 cm³/mol. The molecule has 29 heavy (non-hydrogen) atoms. The van der Waals surface area contributed by atoms with Crippen LogP contribution >= 0.6 is 0 Å². The van der Waals surface area contributed by atoms with Crippen LogP contribution in [-0.4, -0.2) is 34.8 Å². The first-order valence-electron chi connectivity index (χ1n) is 8.74. The third kappa shape index (κ3) is 5.89. The molecule has 0 aliphatic rings. The van der Waals surface area contributed by atoms with Gasteiger partial charge in [-0.1, -0.05) is 19.1 Å². The Bertz CT molecular complexity index is 914. The van der Waals surface area contributed by atoms with Crippen molar-refractivity contribution in [2.75, 3.05) is 13.1 Å². The molecule has 1 heterocycles. The van der Waals surface area contributed by atoms with E-state index in [9.17, 15) is 22.4 Å². The normalized spacial score (nSPS) is 12.7. The molecular weight excluding hydrogens is 390 g/mol. The first-order valence-corrected chi connectivity index (χ1v) is 8.74. The molecule has 0 radical (unpaired) electrons. The highest BCUT2D eigenvalue weighted by molar-refractivity contribution is 5.93. The van der Waals surface area contributed by atoms with Gasteiger partial charge in [-0.15, -0.1) is 0 Å². The highest BCUT2D eigenvalue weighted by Gasteiger charge is 2.36. The summed E-state index contributed by atoms with van der Waals surface area (Å²) in [6, 6.07) is 7.70. The molecule has 0 spiro atoms. The summed E-state index contributed by atoms with van der Waals surface area (Å²) in [6.45, 7) is 2.75. The number of carbonyl (C=O) groups excluding carboxylic acids is 1. The van der Waals surface area contributed by atoms with Crippen LogP contribution in [0.2, 0.25) is 0 Å². The zero-order valence-electron chi connectivity index (χ0n) is 15.5. The summed E-state index contributed by atoms with van der Waals surface area (Å²) in [7, 11) is 0. The molecule has 0 aliphatic carbocycles. The van der Waals surface area contributed by atoms with Crippen LogP contribution in [0.3, 0.4) is 0 Å². The van der Waals surface area contributed by atoms with Crippen molar-refractivity contribution in [3.63, 3.8) is 0 Å². The van der Waals surface area contributed by atoms with Crippen molar-refractivity contribution in [3.8, 4) is 11.8 Å². The second-order valence-corrected chi connectivity index (χ2v) is 6.06. The Labute approximate surface area is 164 Å². The number of alkyl halides is 3. The lowest BCUT2D eigenvalue weighted by Gasteiger charge is -2.18. The van der Waals surface area contributed by atoms with Crippen molar-refractivity contribution in [1.29, 1.82) is 5.26 Å². The van der Waals surface area contributed by atoms with Gasteiger partial charge in [0.15, 0.2) is 5.69 Å². The van der Waals surface area contributed by atoms with E-state index >= 15 is 0 Å². The van der Waals surface area contributed by atoms with Crippen molar-refractivity contribution in [2.24, 2.45) is 0 Å². The van der Waals surface area contributed by atoms with Crippen LogP contribution in [0.25, 0.3) is 5.69 Å². The fourth-order valence-electron chi connectivity index (χ4n) is 2.57. The van der Waals surface area contributed by atoms with Crippen molar-refractivity contribution in [1.82, 2.24) is 20.4 Å². The number of aromatic nitrogens is 2. The molecule has 2 aromatic rings. The van der Waals surface area contributed by atoms with E-state index in [1.807, 2.05) is 13.0 Å². The Balaban J connectivity index is 2.42. The molecular formula is C19H19F4N5O. The molecule has 0 saturated heterocycles. The average Bonchev–Trinajstić information content (AvgIpc) is 3.16. The van der Waals surface area contributed by atoms with Gasteiger partial charge in [-0.3, -0.25) is 4.79 Å². The van der Waals surface area contributed by atoms with Crippen molar-refractivity contribution >= 4 is 5.91 Å². The van der Waals surface area contributed by atoms with E-state index in [0.29, 0.717) is 25.5 Å². The molecule has 1 atom stereocenters. The van der Waals surface area contributed by atoms with Gasteiger partial charge in [0.2, 0.25) is 0 Å². The van der Waals surface area contributed by atoms with E-state index < -0.39 is 23.8 Å². The van der Waals surface area contributed by atoms with Crippen molar-refractivity contribution in [2.45, 2.75) is 25.6 Å². The lowest BCUT2D eigenvalue weighted by Crippen LogP contribution is -2.42. The second kappa shape index (κ2) is 9.84. The van der Waals surface area contributed by atoms with Crippen LogP contribution in [0.15, 0.2) is 42.7 Å². The molecule has 0 unspecified atom stereocenters.